The second-order valence-corrected chi connectivity index (χ2v) is 9.28. The van der Waals surface area contributed by atoms with Gasteiger partial charge >= 0.3 is 0 Å². The first-order valence-electron chi connectivity index (χ1n) is 13.0. The van der Waals surface area contributed by atoms with Crippen molar-refractivity contribution < 1.29 is 0 Å². The van der Waals surface area contributed by atoms with E-state index in [-0.39, 0.29) is 12.4 Å². The lowest BCUT2D eigenvalue weighted by atomic mass is 10.0. The Balaban J connectivity index is 0.00000841. The van der Waals surface area contributed by atoms with Gasteiger partial charge in [-0.1, -0.05) is 134 Å². The summed E-state index contributed by atoms with van der Waals surface area (Å²) in [6, 6.07) is 8.86. The topological polar surface area (TPSA) is 3.24 Å². The fourth-order valence-electron chi connectivity index (χ4n) is 4.38. The monoisotopic (exact) mass is 437 g/mol. The summed E-state index contributed by atoms with van der Waals surface area (Å²) < 4.78 is 0. The number of halogens is 1. The van der Waals surface area contributed by atoms with Crippen molar-refractivity contribution in [2.24, 2.45) is 0 Å². The first kappa shape index (κ1) is 29.3. The molecule has 1 nitrogen and oxygen atoms in total. The zero-order valence-electron chi connectivity index (χ0n) is 20.6. The van der Waals surface area contributed by atoms with E-state index in [1.54, 1.807) is 0 Å². The van der Waals surface area contributed by atoms with E-state index in [9.17, 15) is 0 Å². The molecule has 0 unspecified atom stereocenters. The molecule has 2 heteroatoms. The van der Waals surface area contributed by atoms with Crippen LogP contribution in [0.2, 0.25) is 0 Å². The van der Waals surface area contributed by atoms with Crippen LogP contribution in [0.4, 0.5) is 5.69 Å². The second kappa shape index (κ2) is 21.5. The number of para-hydroxylation sites is 1. The van der Waals surface area contributed by atoms with Crippen LogP contribution in [0.25, 0.3) is 0 Å². The van der Waals surface area contributed by atoms with Crippen LogP contribution in [0.5, 0.6) is 0 Å². The van der Waals surface area contributed by atoms with E-state index >= 15 is 0 Å². The number of rotatable bonds is 20. The third kappa shape index (κ3) is 16.1. The number of hydrogen-bond acceptors (Lipinski definition) is 1. The summed E-state index contributed by atoms with van der Waals surface area (Å²) in [7, 11) is 4.29. The lowest BCUT2D eigenvalue weighted by Crippen LogP contribution is -2.11. The Bertz CT molecular complexity index is 471. The number of anilines is 1. The van der Waals surface area contributed by atoms with Crippen molar-refractivity contribution in [2.75, 3.05) is 19.0 Å². The summed E-state index contributed by atoms with van der Waals surface area (Å²) in [4.78, 5) is 2.24. The van der Waals surface area contributed by atoms with E-state index in [2.05, 4.69) is 50.2 Å². The van der Waals surface area contributed by atoms with Crippen LogP contribution in [-0.4, -0.2) is 14.1 Å². The van der Waals surface area contributed by atoms with Gasteiger partial charge in [-0.05, 0) is 24.5 Å². The molecule has 0 fully saturated rings. The molecule has 0 spiro atoms. The molecule has 1 aromatic carbocycles. The van der Waals surface area contributed by atoms with Crippen molar-refractivity contribution in [1.82, 2.24) is 0 Å². The van der Waals surface area contributed by atoms with Crippen molar-refractivity contribution in [3.8, 4) is 0 Å². The highest BCUT2D eigenvalue weighted by atomic mass is 35.5. The third-order valence-electron chi connectivity index (χ3n) is 6.27. The maximum absolute atomic E-state index is 2.30. The minimum absolute atomic E-state index is 0. The number of nitrogens with zero attached hydrogens (tertiary/aromatic N) is 1. The molecule has 0 aliphatic heterocycles. The lowest BCUT2D eigenvalue weighted by Gasteiger charge is -2.17. The van der Waals surface area contributed by atoms with Crippen molar-refractivity contribution in [3.05, 3.63) is 29.8 Å². The Labute approximate surface area is 195 Å². The molecule has 0 radical (unpaired) electrons. The van der Waals surface area contributed by atoms with Crippen LogP contribution in [-0.2, 0) is 6.42 Å². The number of benzene rings is 1. The zero-order valence-corrected chi connectivity index (χ0v) is 21.4. The molecular weight excluding hydrogens is 386 g/mol. The Kier molecular flexibility index (Phi) is 21.0. The maximum Gasteiger partial charge on any atom is 0.0393 e. The standard InChI is InChI=1S/C28H51N.ClH/c1-4-5-6-7-8-9-10-11-12-13-14-15-16-17-18-19-20-21-24-27-25-22-23-26-28(27)29(2)3;/h22-23,25-26H,4-21,24H2,1-3H3;1H. The quantitative estimate of drug-likeness (QED) is 0.183. The molecule has 0 aromatic heterocycles. The van der Waals surface area contributed by atoms with E-state index in [0.717, 1.165) is 0 Å². The average Bonchev–Trinajstić information content (AvgIpc) is 2.73. The highest BCUT2D eigenvalue weighted by Gasteiger charge is 2.03. The molecule has 0 heterocycles. The van der Waals surface area contributed by atoms with Crippen molar-refractivity contribution in [1.29, 1.82) is 0 Å². The Hall–Kier alpha value is -0.690. The normalized spacial score (nSPS) is 10.8. The second-order valence-electron chi connectivity index (χ2n) is 9.28. The predicted octanol–water partition coefficient (Wildman–Crippen LogP) is 9.76. The summed E-state index contributed by atoms with van der Waals surface area (Å²) in [6.45, 7) is 2.30. The van der Waals surface area contributed by atoms with Gasteiger partial charge in [0.05, 0.1) is 0 Å². The van der Waals surface area contributed by atoms with Gasteiger partial charge in [-0.15, -0.1) is 12.4 Å². The SMILES string of the molecule is CCCCCCCCCCCCCCCCCCCCc1ccccc1N(C)C.Cl. The largest absolute Gasteiger partial charge is 0.377 e. The van der Waals surface area contributed by atoms with Gasteiger partial charge in [0, 0.05) is 19.8 Å². The Morgan fingerprint density at radius 3 is 1.30 bits per heavy atom. The van der Waals surface area contributed by atoms with Gasteiger partial charge in [0.15, 0.2) is 0 Å². The molecule has 176 valence electrons. The zero-order chi connectivity index (χ0) is 21.0. The van der Waals surface area contributed by atoms with E-state index in [1.807, 2.05) is 0 Å². The predicted molar refractivity (Wildman–Crippen MR) is 141 cm³/mol. The molecule has 0 N–H and O–H groups in total. The number of aryl methyl sites for hydroxylation is 1. The van der Waals surface area contributed by atoms with E-state index < -0.39 is 0 Å². The summed E-state index contributed by atoms with van der Waals surface area (Å²) in [6.07, 6.45) is 27.2. The molecule has 0 atom stereocenters. The van der Waals surface area contributed by atoms with Crippen LogP contribution < -0.4 is 4.90 Å². The van der Waals surface area contributed by atoms with Crippen LogP contribution in [0.15, 0.2) is 24.3 Å². The molecule has 0 saturated carbocycles. The molecule has 0 aliphatic rings. The summed E-state index contributed by atoms with van der Waals surface area (Å²) in [5, 5.41) is 0. The highest BCUT2D eigenvalue weighted by molar-refractivity contribution is 5.85. The van der Waals surface area contributed by atoms with Gasteiger partial charge in [0.2, 0.25) is 0 Å². The van der Waals surface area contributed by atoms with E-state index in [1.165, 1.54) is 133 Å². The molecule has 1 rings (SSSR count). The van der Waals surface area contributed by atoms with Crippen LogP contribution in [0.3, 0.4) is 0 Å². The molecule has 0 aliphatic carbocycles. The molecule has 0 saturated heterocycles. The number of hydrogen-bond donors (Lipinski definition) is 0. The van der Waals surface area contributed by atoms with Gasteiger partial charge in [-0.25, -0.2) is 0 Å². The molecular formula is C28H52ClN. The number of unbranched alkanes of at least 4 members (excludes halogenated alkanes) is 17. The highest BCUT2D eigenvalue weighted by Crippen LogP contribution is 2.21. The average molecular weight is 438 g/mol. The molecule has 0 amide bonds. The first-order chi connectivity index (χ1) is 14.3. The lowest BCUT2D eigenvalue weighted by molar-refractivity contribution is 0.525. The van der Waals surface area contributed by atoms with Gasteiger partial charge in [-0.3, -0.25) is 0 Å². The van der Waals surface area contributed by atoms with Gasteiger partial charge in [0.25, 0.3) is 0 Å². The minimum Gasteiger partial charge on any atom is -0.377 e. The van der Waals surface area contributed by atoms with Crippen LogP contribution in [0.1, 0.15) is 128 Å². The van der Waals surface area contributed by atoms with Gasteiger partial charge < -0.3 is 4.90 Å². The van der Waals surface area contributed by atoms with Crippen molar-refractivity contribution in [3.63, 3.8) is 0 Å². The van der Waals surface area contributed by atoms with Crippen LogP contribution >= 0.6 is 12.4 Å². The van der Waals surface area contributed by atoms with Gasteiger partial charge in [0.1, 0.15) is 0 Å². The molecule has 1 aromatic rings. The van der Waals surface area contributed by atoms with E-state index in [4.69, 9.17) is 0 Å². The smallest absolute Gasteiger partial charge is 0.0393 e. The fraction of sp³-hybridized carbons (Fsp3) is 0.786. The molecule has 30 heavy (non-hydrogen) atoms. The van der Waals surface area contributed by atoms with E-state index in [0.29, 0.717) is 0 Å². The van der Waals surface area contributed by atoms with Crippen molar-refractivity contribution in [2.45, 2.75) is 129 Å². The molecule has 0 bridgehead atoms. The Morgan fingerprint density at radius 2 is 0.900 bits per heavy atom. The first-order valence-corrected chi connectivity index (χ1v) is 13.0. The summed E-state index contributed by atoms with van der Waals surface area (Å²) in [5.41, 5.74) is 2.90. The van der Waals surface area contributed by atoms with Crippen LogP contribution in [0, 0.1) is 0 Å². The summed E-state index contributed by atoms with van der Waals surface area (Å²) >= 11 is 0. The third-order valence-corrected chi connectivity index (χ3v) is 6.27. The van der Waals surface area contributed by atoms with Gasteiger partial charge in [-0.2, -0.15) is 0 Å². The van der Waals surface area contributed by atoms with Crippen molar-refractivity contribution >= 4 is 18.1 Å². The Morgan fingerprint density at radius 1 is 0.533 bits per heavy atom. The summed E-state index contributed by atoms with van der Waals surface area (Å²) in [5.74, 6) is 0. The minimum atomic E-state index is 0. The fourth-order valence-corrected chi connectivity index (χ4v) is 4.38. The maximum atomic E-state index is 2.30.